The Balaban J connectivity index is 0.00000380. The number of carbonyl (C=O) groups is 1. The number of phosphoric ester groups is 1. The third kappa shape index (κ3) is 8.02. The summed E-state index contributed by atoms with van der Waals surface area (Å²) in [5.41, 5.74) is 2.00. The van der Waals surface area contributed by atoms with E-state index in [1.54, 1.807) is 18.2 Å². The molecular formula is C25H29CaN4O6P. The maximum Gasteiger partial charge on any atom is 2.00 e. The average molecular weight is 553 g/mol. The van der Waals surface area contributed by atoms with Gasteiger partial charge in [-0.15, -0.1) is 0 Å². The number of benzene rings is 2. The zero-order valence-electron chi connectivity index (χ0n) is 21.2. The summed E-state index contributed by atoms with van der Waals surface area (Å²) in [5, 5.41) is 3.79. The second kappa shape index (κ2) is 12.7. The molecule has 3 aromatic rings. The normalized spacial score (nSPS) is 14.4. The van der Waals surface area contributed by atoms with Crippen LogP contribution in [0.5, 0.6) is 5.75 Å². The number of rotatable bonds is 7. The van der Waals surface area contributed by atoms with Crippen molar-refractivity contribution in [3.63, 3.8) is 0 Å². The first-order valence-corrected chi connectivity index (χ1v) is 13.3. The van der Waals surface area contributed by atoms with Gasteiger partial charge in [0, 0.05) is 24.5 Å². The van der Waals surface area contributed by atoms with Crippen LogP contribution in [0.4, 0.5) is 10.6 Å². The molecule has 192 valence electrons. The quantitative estimate of drug-likeness (QED) is 0.346. The van der Waals surface area contributed by atoms with Gasteiger partial charge >= 0.3 is 43.8 Å². The number of hydrogen-bond donors (Lipinski definition) is 1. The monoisotopic (exact) mass is 552 g/mol. The van der Waals surface area contributed by atoms with Gasteiger partial charge in [0.1, 0.15) is 19.4 Å². The fourth-order valence-electron chi connectivity index (χ4n) is 4.12. The standard InChI is InChI=1S/C25H31N4O6P.Ca/c1-16(2)15-34-25(30)26-18-10-12-29(13-11-18)24-19-9-8-17(3)14-21(19)27-23(28-24)20-6-4-5-7-22(20)35-36(31,32)33;/h4-9,14,16,18H,10-13,15H2,1-3H3,(H,26,30)(H2,31,32,33);/q;+2/p-2. The van der Waals surface area contributed by atoms with Crippen molar-refractivity contribution < 1.29 is 28.4 Å². The predicted octanol–water partition coefficient (Wildman–Crippen LogP) is 2.78. The van der Waals surface area contributed by atoms with Gasteiger partial charge in [-0.3, -0.25) is 0 Å². The third-order valence-corrected chi connectivity index (χ3v) is 6.25. The number of ether oxygens (including phenoxy) is 1. The van der Waals surface area contributed by atoms with Crippen molar-refractivity contribution in [2.45, 2.75) is 39.7 Å². The number of aryl methyl sites for hydroxylation is 1. The van der Waals surface area contributed by atoms with Gasteiger partial charge < -0.3 is 33.8 Å². The zero-order chi connectivity index (χ0) is 25.9. The molecule has 2 heterocycles. The van der Waals surface area contributed by atoms with Gasteiger partial charge in [-0.25, -0.2) is 14.8 Å². The van der Waals surface area contributed by atoms with Crippen molar-refractivity contribution >= 4 is 68.4 Å². The summed E-state index contributed by atoms with van der Waals surface area (Å²) >= 11 is 0. The molecule has 0 spiro atoms. The summed E-state index contributed by atoms with van der Waals surface area (Å²) in [4.78, 5) is 46.2. The van der Waals surface area contributed by atoms with E-state index in [1.165, 1.54) is 6.07 Å². The van der Waals surface area contributed by atoms with Crippen LogP contribution in [0.3, 0.4) is 0 Å². The van der Waals surface area contributed by atoms with Crippen molar-refractivity contribution in [2.24, 2.45) is 5.92 Å². The van der Waals surface area contributed by atoms with Crippen molar-refractivity contribution in [1.82, 2.24) is 15.3 Å². The van der Waals surface area contributed by atoms with E-state index in [0.717, 1.165) is 10.9 Å². The predicted molar refractivity (Wildman–Crippen MR) is 138 cm³/mol. The van der Waals surface area contributed by atoms with Gasteiger partial charge in [0.05, 0.1) is 17.7 Å². The first kappa shape index (κ1) is 29.6. The fourth-order valence-corrected chi connectivity index (χ4v) is 4.52. The number of aromatic nitrogens is 2. The summed E-state index contributed by atoms with van der Waals surface area (Å²) in [6.07, 6.45) is 1.01. The molecule has 1 N–H and O–H groups in total. The Hall–Kier alpha value is -1.94. The van der Waals surface area contributed by atoms with Crippen LogP contribution in [0.25, 0.3) is 22.3 Å². The number of nitrogens with zero attached hydrogens (tertiary/aromatic N) is 3. The minimum atomic E-state index is -5.27. The zero-order valence-corrected chi connectivity index (χ0v) is 24.3. The smallest absolute Gasteiger partial charge is 0.780 e. The molecule has 12 heteroatoms. The number of fused-ring (bicyclic) bond motifs is 1. The molecule has 0 unspecified atom stereocenters. The summed E-state index contributed by atoms with van der Waals surface area (Å²) < 4.78 is 21.2. The number of amides is 1. The minimum Gasteiger partial charge on any atom is -0.780 e. The molecule has 1 fully saturated rings. The summed E-state index contributed by atoms with van der Waals surface area (Å²) in [6, 6.07) is 12.2. The Morgan fingerprint density at radius 1 is 1.16 bits per heavy atom. The largest absolute Gasteiger partial charge is 2.00 e. The van der Waals surface area contributed by atoms with Crippen LogP contribution in [0, 0.1) is 12.8 Å². The first-order valence-electron chi connectivity index (χ1n) is 11.9. The summed E-state index contributed by atoms with van der Waals surface area (Å²) in [7, 11) is -5.27. The maximum atomic E-state index is 12.1. The molecule has 0 atom stereocenters. The Bertz CT molecular complexity index is 1290. The first-order chi connectivity index (χ1) is 17.1. The van der Waals surface area contributed by atoms with Gasteiger partial charge in [-0.05, 0) is 55.5 Å². The Morgan fingerprint density at radius 2 is 1.86 bits per heavy atom. The van der Waals surface area contributed by atoms with Crippen LogP contribution < -0.4 is 24.5 Å². The molecule has 0 aliphatic carbocycles. The van der Waals surface area contributed by atoms with Crippen molar-refractivity contribution in [1.29, 1.82) is 0 Å². The molecule has 1 saturated heterocycles. The number of hydrogen-bond acceptors (Lipinski definition) is 9. The Labute approximate surface area is 246 Å². The number of alkyl carbamates (subject to hydrolysis) is 1. The van der Waals surface area contributed by atoms with E-state index in [4.69, 9.17) is 14.2 Å². The molecule has 4 rings (SSSR count). The number of anilines is 1. The van der Waals surface area contributed by atoms with Gasteiger partial charge in [-0.1, -0.05) is 32.0 Å². The van der Waals surface area contributed by atoms with Crippen LogP contribution in [-0.2, 0) is 9.30 Å². The molecule has 1 aromatic heterocycles. The van der Waals surface area contributed by atoms with Gasteiger partial charge in [-0.2, -0.15) is 0 Å². The number of nitrogens with one attached hydrogen (secondary N) is 1. The average Bonchev–Trinajstić information content (AvgIpc) is 2.82. The molecule has 2 aromatic carbocycles. The van der Waals surface area contributed by atoms with Crippen molar-refractivity contribution in [3.8, 4) is 17.1 Å². The van der Waals surface area contributed by atoms with Crippen molar-refractivity contribution in [2.75, 3.05) is 24.6 Å². The van der Waals surface area contributed by atoms with Crippen molar-refractivity contribution in [3.05, 3.63) is 48.0 Å². The van der Waals surface area contributed by atoms with Crippen LogP contribution in [-0.4, -0.2) is 79.5 Å². The molecular weight excluding hydrogens is 523 g/mol. The van der Waals surface area contributed by atoms with Gasteiger partial charge in [0.2, 0.25) is 0 Å². The van der Waals surface area contributed by atoms with Gasteiger partial charge in [0.25, 0.3) is 0 Å². The van der Waals surface area contributed by atoms with E-state index in [1.807, 2.05) is 39.0 Å². The molecule has 1 aliphatic rings. The number of carbonyl (C=O) groups excluding carboxylic acids is 1. The van der Waals surface area contributed by atoms with E-state index in [-0.39, 0.29) is 61.3 Å². The molecule has 10 nitrogen and oxygen atoms in total. The fraction of sp³-hybridized carbons (Fsp3) is 0.400. The minimum absolute atomic E-state index is 0. The molecule has 1 aliphatic heterocycles. The van der Waals surface area contributed by atoms with E-state index >= 15 is 0 Å². The molecule has 0 saturated carbocycles. The SMILES string of the molecule is Cc1ccc2c(N3CCC(NC(=O)OCC(C)C)CC3)nc(-c3ccccc3OP(=O)([O-])[O-])nc2c1.[Ca+2]. The maximum absolute atomic E-state index is 12.1. The van der Waals surface area contributed by atoms with E-state index in [2.05, 4.69) is 15.2 Å². The Morgan fingerprint density at radius 3 is 2.54 bits per heavy atom. The molecule has 37 heavy (non-hydrogen) atoms. The second-order valence-electron chi connectivity index (χ2n) is 9.32. The molecule has 1 amide bonds. The van der Waals surface area contributed by atoms with Crippen LogP contribution in [0.2, 0.25) is 0 Å². The summed E-state index contributed by atoms with van der Waals surface area (Å²) in [6.45, 7) is 7.58. The number of piperidine rings is 1. The topological polar surface area (TPSA) is 140 Å². The van der Waals surface area contributed by atoms with Crippen LogP contribution in [0.1, 0.15) is 32.3 Å². The summed E-state index contributed by atoms with van der Waals surface area (Å²) in [5.74, 6) is 1.10. The van der Waals surface area contributed by atoms with E-state index < -0.39 is 13.9 Å². The molecule has 0 radical (unpaired) electrons. The van der Waals surface area contributed by atoms with E-state index in [0.29, 0.717) is 49.4 Å². The number of para-hydroxylation sites is 1. The second-order valence-corrected chi connectivity index (χ2v) is 10.4. The third-order valence-electron chi connectivity index (χ3n) is 5.83. The molecule has 0 bridgehead atoms. The van der Waals surface area contributed by atoms with Gasteiger partial charge in [0.15, 0.2) is 5.82 Å². The van der Waals surface area contributed by atoms with E-state index in [9.17, 15) is 19.1 Å². The number of phosphoric acid groups is 1. The van der Waals surface area contributed by atoms with Crippen LogP contribution >= 0.6 is 7.82 Å². The van der Waals surface area contributed by atoms with Crippen LogP contribution in [0.15, 0.2) is 42.5 Å². The Kier molecular flexibility index (Phi) is 10.2.